The fraction of sp³-hybridized carbons (Fsp3) is 0.286. The van der Waals surface area contributed by atoms with Crippen LogP contribution < -0.4 is 0 Å². The molecule has 0 radical (unpaired) electrons. The van der Waals surface area contributed by atoms with Crippen LogP contribution in [0.3, 0.4) is 0 Å². The zero-order valence-corrected chi connectivity index (χ0v) is 12.7. The predicted molar refractivity (Wildman–Crippen MR) is 79.3 cm³/mol. The maximum atomic E-state index is 11.0. The molecule has 1 aromatic heterocycles. The highest BCUT2D eigenvalue weighted by molar-refractivity contribution is 8.00. The maximum Gasteiger partial charge on any atom is 0.347 e. The van der Waals surface area contributed by atoms with E-state index in [0.717, 1.165) is 10.1 Å². The Bertz CT molecular complexity index is 600. The maximum absolute atomic E-state index is 11.0. The molecule has 0 bridgehead atoms. The minimum atomic E-state index is -0.895. The van der Waals surface area contributed by atoms with Crippen LogP contribution in [0.1, 0.15) is 32.1 Å². The number of aromatic nitrogens is 1. The number of benzene rings is 1. The number of aryl methyl sites for hydroxylation is 3. The highest BCUT2D eigenvalue weighted by atomic mass is 32.2. The number of carbonyl (C=O) groups is 1. The van der Waals surface area contributed by atoms with Gasteiger partial charge in [-0.15, -0.1) is 11.3 Å². The topological polar surface area (TPSA) is 50.2 Å². The van der Waals surface area contributed by atoms with E-state index in [-0.39, 0.29) is 0 Å². The highest BCUT2D eigenvalue weighted by Crippen LogP contribution is 2.30. The molecule has 0 atom stereocenters. The summed E-state index contributed by atoms with van der Waals surface area (Å²) in [5, 5.41) is 9.00. The van der Waals surface area contributed by atoms with Crippen LogP contribution in [0.25, 0.3) is 0 Å². The highest BCUT2D eigenvalue weighted by Gasteiger charge is 2.14. The summed E-state index contributed by atoms with van der Waals surface area (Å²) in [6.07, 6.45) is 0. The first-order chi connectivity index (χ1) is 8.95. The Labute approximate surface area is 120 Å². The smallest absolute Gasteiger partial charge is 0.347 e. The van der Waals surface area contributed by atoms with Gasteiger partial charge < -0.3 is 5.11 Å². The standard InChI is InChI=1S/C14H15NO2S2/c1-8-4-9(2)6-11(5-8)7-18-14-15-10(3)12(19-14)13(16)17/h4-6H,7H2,1-3H3,(H,16,17). The van der Waals surface area contributed by atoms with Crippen molar-refractivity contribution in [2.45, 2.75) is 30.9 Å². The van der Waals surface area contributed by atoms with E-state index in [2.05, 4.69) is 37.0 Å². The summed E-state index contributed by atoms with van der Waals surface area (Å²) in [6.45, 7) is 5.90. The van der Waals surface area contributed by atoms with Crippen molar-refractivity contribution in [2.24, 2.45) is 0 Å². The number of aromatic carboxylic acids is 1. The summed E-state index contributed by atoms with van der Waals surface area (Å²) in [7, 11) is 0. The van der Waals surface area contributed by atoms with Crippen molar-refractivity contribution in [2.75, 3.05) is 0 Å². The molecule has 0 unspecified atom stereocenters. The van der Waals surface area contributed by atoms with Crippen LogP contribution in [0.5, 0.6) is 0 Å². The van der Waals surface area contributed by atoms with E-state index in [1.165, 1.54) is 28.0 Å². The molecule has 0 saturated heterocycles. The first kappa shape index (κ1) is 14.1. The Balaban J connectivity index is 2.10. The summed E-state index contributed by atoms with van der Waals surface area (Å²) >= 11 is 2.83. The van der Waals surface area contributed by atoms with Crippen LogP contribution in [0.4, 0.5) is 0 Å². The van der Waals surface area contributed by atoms with Gasteiger partial charge in [0.05, 0.1) is 5.69 Å². The molecule has 0 aliphatic carbocycles. The van der Waals surface area contributed by atoms with Gasteiger partial charge in [0, 0.05) is 5.75 Å². The molecule has 0 aliphatic heterocycles. The molecule has 0 amide bonds. The second-order valence-electron chi connectivity index (χ2n) is 4.48. The van der Waals surface area contributed by atoms with Crippen molar-refractivity contribution in [1.29, 1.82) is 0 Å². The van der Waals surface area contributed by atoms with Crippen LogP contribution in [0, 0.1) is 20.8 Å². The fourth-order valence-corrected chi connectivity index (χ4v) is 3.89. The lowest BCUT2D eigenvalue weighted by Gasteiger charge is -2.03. The molecule has 19 heavy (non-hydrogen) atoms. The van der Waals surface area contributed by atoms with Crippen LogP contribution in [-0.4, -0.2) is 16.1 Å². The van der Waals surface area contributed by atoms with E-state index in [1.54, 1.807) is 18.7 Å². The third kappa shape index (κ3) is 3.58. The second kappa shape index (κ2) is 5.75. The van der Waals surface area contributed by atoms with Gasteiger partial charge in [0.25, 0.3) is 0 Å². The third-order valence-electron chi connectivity index (χ3n) is 2.61. The van der Waals surface area contributed by atoms with Gasteiger partial charge in [0.15, 0.2) is 4.34 Å². The summed E-state index contributed by atoms with van der Waals surface area (Å²) in [6, 6.07) is 6.45. The van der Waals surface area contributed by atoms with Gasteiger partial charge in [-0.1, -0.05) is 41.1 Å². The van der Waals surface area contributed by atoms with Crippen molar-refractivity contribution in [3.63, 3.8) is 0 Å². The van der Waals surface area contributed by atoms with E-state index in [1.807, 2.05) is 0 Å². The van der Waals surface area contributed by atoms with Crippen molar-refractivity contribution >= 4 is 29.1 Å². The van der Waals surface area contributed by atoms with Crippen LogP contribution in [0.2, 0.25) is 0 Å². The molecular weight excluding hydrogens is 278 g/mol. The first-order valence-electron chi connectivity index (χ1n) is 5.86. The molecule has 0 saturated carbocycles. The van der Waals surface area contributed by atoms with E-state index in [9.17, 15) is 4.79 Å². The Morgan fingerprint density at radius 2 is 1.89 bits per heavy atom. The number of hydrogen-bond acceptors (Lipinski definition) is 4. The molecule has 1 heterocycles. The van der Waals surface area contributed by atoms with Crippen molar-refractivity contribution in [3.05, 3.63) is 45.5 Å². The Morgan fingerprint density at radius 1 is 1.26 bits per heavy atom. The lowest BCUT2D eigenvalue weighted by molar-refractivity contribution is 0.0701. The Morgan fingerprint density at radius 3 is 2.42 bits per heavy atom. The van der Waals surface area contributed by atoms with Crippen molar-refractivity contribution < 1.29 is 9.90 Å². The molecule has 1 aromatic carbocycles. The molecule has 0 spiro atoms. The largest absolute Gasteiger partial charge is 0.477 e. The first-order valence-corrected chi connectivity index (χ1v) is 7.66. The van der Waals surface area contributed by atoms with Gasteiger partial charge >= 0.3 is 5.97 Å². The SMILES string of the molecule is Cc1cc(C)cc(CSc2nc(C)c(C(=O)O)s2)c1. The van der Waals surface area contributed by atoms with Crippen LogP contribution in [0.15, 0.2) is 22.5 Å². The molecular formula is C14H15NO2S2. The monoisotopic (exact) mass is 293 g/mol. The van der Waals surface area contributed by atoms with Gasteiger partial charge in [-0.25, -0.2) is 9.78 Å². The average Bonchev–Trinajstić information content (AvgIpc) is 2.67. The summed E-state index contributed by atoms with van der Waals surface area (Å²) in [4.78, 5) is 15.6. The van der Waals surface area contributed by atoms with Gasteiger partial charge in [-0.05, 0) is 26.3 Å². The van der Waals surface area contributed by atoms with E-state index < -0.39 is 5.97 Å². The van der Waals surface area contributed by atoms with E-state index in [0.29, 0.717) is 10.6 Å². The fourth-order valence-electron chi connectivity index (χ4n) is 1.93. The third-order valence-corrected chi connectivity index (χ3v) is 4.97. The Hall–Kier alpha value is -1.33. The number of carboxylic acid groups (broad SMARTS) is 1. The number of carboxylic acids is 1. The number of rotatable bonds is 4. The number of hydrogen-bond donors (Lipinski definition) is 1. The average molecular weight is 293 g/mol. The summed E-state index contributed by atoms with van der Waals surface area (Å²) in [5.74, 6) is -0.0811. The minimum Gasteiger partial charge on any atom is -0.477 e. The van der Waals surface area contributed by atoms with E-state index in [4.69, 9.17) is 5.11 Å². The normalized spacial score (nSPS) is 10.7. The lowest BCUT2D eigenvalue weighted by Crippen LogP contribution is -1.94. The van der Waals surface area contributed by atoms with Crippen LogP contribution in [-0.2, 0) is 5.75 Å². The molecule has 5 heteroatoms. The zero-order valence-electron chi connectivity index (χ0n) is 11.1. The van der Waals surface area contributed by atoms with Crippen molar-refractivity contribution in [3.8, 4) is 0 Å². The lowest BCUT2D eigenvalue weighted by atomic mass is 10.1. The van der Waals surface area contributed by atoms with Gasteiger partial charge in [0.1, 0.15) is 4.88 Å². The molecule has 0 aliphatic rings. The number of nitrogens with zero attached hydrogens (tertiary/aromatic N) is 1. The molecule has 100 valence electrons. The summed E-state index contributed by atoms with van der Waals surface area (Å²) in [5.41, 5.74) is 4.34. The molecule has 2 rings (SSSR count). The minimum absolute atomic E-state index is 0.336. The quantitative estimate of drug-likeness (QED) is 0.864. The van der Waals surface area contributed by atoms with Gasteiger partial charge in [0.2, 0.25) is 0 Å². The molecule has 3 nitrogen and oxygen atoms in total. The van der Waals surface area contributed by atoms with Gasteiger partial charge in [-0.3, -0.25) is 0 Å². The number of thioether (sulfide) groups is 1. The molecule has 2 aromatic rings. The zero-order chi connectivity index (χ0) is 14.0. The number of thiazole rings is 1. The van der Waals surface area contributed by atoms with Crippen molar-refractivity contribution in [1.82, 2.24) is 4.98 Å². The van der Waals surface area contributed by atoms with E-state index >= 15 is 0 Å². The van der Waals surface area contributed by atoms with Gasteiger partial charge in [-0.2, -0.15) is 0 Å². The molecule has 1 N–H and O–H groups in total. The second-order valence-corrected chi connectivity index (χ2v) is 6.71. The summed E-state index contributed by atoms with van der Waals surface area (Å²) < 4.78 is 0.814. The molecule has 0 fully saturated rings. The van der Waals surface area contributed by atoms with Crippen LogP contribution >= 0.6 is 23.1 Å². The predicted octanol–water partition coefficient (Wildman–Crippen LogP) is 4.06. The Kier molecular flexibility index (Phi) is 4.27.